The minimum Gasteiger partial charge on any atom is -0.265 e. The van der Waals surface area contributed by atoms with E-state index in [4.69, 9.17) is 12.2 Å². The van der Waals surface area contributed by atoms with Gasteiger partial charge >= 0.3 is 5.91 Å². The molecule has 0 unspecified atom stereocenters. The number of thiocarbonyl (C=S) groups is 1. The van der Waals surface area contributed by atoms with E-state index in [0.717, 1.165) is 9.89 Å². The van der Waals surface area contributed by atoms with Crippen LogP contribution >= 0.6 is 23.6 Å². The molecule has 80 valence electrons. The molecule has 2 heterocycles. The van der Waals surface area contributed by atoms with Crippen molar-refractivity contribution in [1.29, 1.82) is 0 Å². The Labute approximate surface area is 101 Å². The Kier molecular flexibility index (Phi) is 2.97. The molecule has 1 aromatic rings. The summed E-state index contributed by atoms with van der Waals surface area (Å²) in [5.74, 6) is -0.451. The molecule has 0 spiro atoms. The molecule has 1 aliphatic rings. The molecule has 2 rings (SSSR count). The van der Waals surface area contributed by atoms with Crippen molar-refractivity contribution in [3.63, 3.8) is 0 Å². The van der Waals surface area contributed by atoms with Gasteiger partial charge in [-0.3, -0.25) is 4.79 Å². The van der Waals surface area contributed by atoms with Crippen LogP contribution in [0.25, 0.3) is 0 Å². The molecule has 0 bridgehead atoms. The summed E-state index contributed by atoms with van der Waals surface area (Å²) in [5, 5.41) is 14.0. The molecule has 7 heteroatoms. The average Bonchev–Trinajstić information content (AvgIpc) is 2.77. The number of nitrogens with zero attached hydrogens (tertiary/aromatic N) is 4. The number of rotatable bonds is 2. The van der Waals surface area contributed by atoms with E-state index in [-0.39, 0.29) is 10.8 Å². The number of amides is 1. The lowest BCUT2D eigenvalue weighted by Gasteiger charge is -2.16. The van der Waals surface area contributed by atoms with E-state index in [0.29, 0.717) is 0 Å². The summed E-state index contributed by atoms with van der Waals surface area (Å²) >= 11 is 6.35. The molecule has 0 radical (unpaired) electrons. The summed E-state index contributed by atoms with van der Waals surface area (Å²) in [5.41, 5.74) is 0.0249. The smallest absolute Gasteiger partial charge is 0.265 e. The van der Waals surface area contributed by atoms with Crippen LogP contribution in [0.15, 0.2) is 45.1 Å². The first-order chi connectivity index (χ1) is 7.68. The van der Waals surface area contributed by atoms with Gasteiger partial charge in [-0.15, -0.1) is 21.6 Å². The molecule has 0 aliphatic carbocycles. The third kappa shape index (κ3) is 2.10. The third-order valence-electron chi connectivity index (χ3n) is 1.72. The van der Waals surface area contributed by atoms with Crippen molar-refractivity contribution in [3.05, 3.63) is 34.7 Å². The highest BCUT2D eigenvalue weighted by Gasteiger charge is 2.24. The number of carbonyl (C=O) groups is 1. The minimum absolute atomic E-state index is 0.0187. The lowest BCUT2D eigenvalue weighted by molar-refractivity contribution is -0.123. The first-order valence-corrected chi connectivity index (χ1v) is 5.54. The fraction of sp³-hybridized carbons (Fsp3) is 0. The summed E-state index contributed by atoms with van der Waals surface area (Å²) in [4.78, 5) is 12.5. The van der Waals surface area contributed by atoms with E-state index in [1.807, 2.05) is 17.5 Å². The molecule has 0 N–H and O–H groups in total. The van der Waals surface area contributed by atoms with Gasteiger partial charge in [0.25, 0.3) is 0 Å². The minimum atomic E-state index is -0.451. The zero-order valence-corrected chi connectivity index (χ0v) is 9.66. The van der Waals surface area contributed by atoms with Crippen LogP contribution in [0.3, 0.4) is 0 Å². The maximum absolute atomic E-state index is 11.6. The molecule has 16 heavy (non-hydrogen) atoms. The Hall–Kier alpha value is -1.73. The second-order valence-electron chi connectivity index (χ2n) is 2.81. The van der Waals surface area contributed by atoms with Gasteiger partial charge in [-0.05, 0) is 23.7 Å². The molecule has 5 nitrogen and oxygen atoms in total. The maximum atomic E-state index is 11.6. The maximum Gasteiger partial charge on any atom is 0.300 e. The second-order valence-corrected chi connectivity index (χ2v) is 4.15. The lowest BCUT2D eigenvalue weighted by Crippen LogP contribution is -2.33. The first kappa shape index (κ1) is 10.8. The van der Waals surface area contributed by atoms with Crippen LogP contribution in [0, 0.1) is 0 Å². The predicted octanol–water partition coefficient (Wildman–Crippen LogP) is 2.17. The van der Waals surface area contributed by atoms with Gasteiger partial charge in [-0.2, -0.15) is 10.1 Å². The molecular formula is C9H6N4OS2. The summed E-state index contributed by atoms with van der Waals surface area (Å²) < 4.78 is 0. The van der Waals surface area contributed by atoms with Crippen LogP contribution < -0.4 is 0 Å². The molecule has 0 saturated heterocycles. The van der Waals surface area contributed by atoms with E-state index in [2.05, 4.69) is 21.9 Å². The van der Waals surface area contributed by atoms with Gasteiger partial charge in [-0.1, -0.05) is 12.6 Å². The normalized spacial score (nSPS) is 16.5. The van der Waals surface area contributed by atoms with Crippen molar-refractivity contribution < 1.29 is 4.79 Å². The topological polar surface area (TPSA) is 57.4 Å². The fourth-order valence-corrected chi connectivity index (χ4v) is 1.73. The number of hydrogen-bond donors (Lipinski definition) is 0. The first-order valence-electron chi connectivity index (χ1n) is 4.25. The van der Waals surface area contributed by atoms with Crippen molar-refractivity contribution >= 4 is 40.8 Å². The van der Waals surface area contributed by atoms with E-state index in [9.17, 15) is 4.79 Å². The zero-order valence-electron chi connectivity index (χ0n) is 8.03. The number of azo groups is 1. The molecule has 0 atom stereocenters. The van der Waals surface area contributed by atoms with Gasteiger partial charge in [0.1, 0.15) is 5.70 Å². The Balaban J connectivity index is 2.21. The van der Waals surface area contributed by atoms with Gasteiger partial charge < -0.3 is 0 Å². The van der Waals surface area contributed by atoms with Crippen LogP contribution in [-0.4, -0.2) is 22.2 Å². The quantitative estimate of drug-likeness (QED) is 0.459. The summed E-state index contributed by atoms with van der Waals surface area (Å²) in [7, 11) is 0. The van der Waals surface area contributed by atoms with Crippen molar-refractivity contribution in [2.45, 2.75) is 0 Å². The van der Waals surface area contributed by atoms with Crippen molar-refractivity contribution in [2.24, 2.45) is 15.3 Å². The Morgan fingerprint density at radius 2 is 2.38 bits per heavy atom. The highest BCUT2D eigenvalue weighted by atomic mass is 32.1. The van der Waals surface area contributed by atoms with E-state index in [1.54, 1.807) is 6.21 Å². The van der Waals surface area contributed by atoms with Crippen LogP contribution in [-0.2, 0) is 4.79 Å². The fourth-order valence-electron chi connectivity index (χ4n) is 0.979. The Morgan fingerprint density at radius 3 is 3.06 bits per heavy atom. The lowest BCUT2D eigenvalue weighted by atomic mass is 10.4. The largest absolute Gasteiger partial charge is 0.300 e. The van der Waals surface area contributed by atoms with Gasteiger partial charge in [0.15, 0.2) is 0 Å². The monoisotopic (exact) mass is 250 g/mol. The van der Waals surface area contributed by atoms with E-state index < -0.39 is 5.91 Å². The Morgan fingerprint density at radius 1 is 1.56 bits per heavy atom. The van der Waals surface area contributed by atoms with Gasteiger partial charge in [0, 0.05) is 4.88 Å². The van der Waals surface area contributed by atoms with Gasteiger partial charge in [-0.25, -0.2) is 0 Å². The summed E-state index contributed by atoms with van der Waals surface area (Å²) in [6, 6.07) is 3.77. The number of thiophene rings is 1. The van der Waals surface area contributed by atoms with Crippen molar-refractivity contribution in [1.82, 2.24) is 5.01 Å². The molecule has 0 saturated carbocycles. The molecule has 1 amide bonds. The standard InChI is InChI=1S/C9H6N4OS2/c1-6-8(14)13(9(15)12-11-6)10-5-7-3-2-4-16-7/h2-5H,1H2. The van der Waals surface area contributed by atoms with Crippen LogP contribution in [0.1, 0.15) is 4.88 Å². The predicted molar refractivity (Wildman–Crippen MR) is 65.4 cm³/mol. The van der Waals surface area contributed by atoms with E-state index in [1.165, 1.54) is 11.3 Å². The number of hydrogen-bond acceptors (Lipinski definition) is 5. The zero-order chi connectivity index (χ0) is 11.5. The molecule has 0 fully saturated rings. The summed E-state index contributed by atoms with van der Waals surface area (Å²) in [6.07, 6.45) is 1.54. The highest BCUT2D eigenvalue weighted by molar-refractivity contribution is 7.80. The molecule has 1 aliphatic heterocycles. The summed E-state index contributed by atoms with van der Waals surface area (Å²) in [6.45, 7) is 3.44. The van der Waals surface area contributed by atoms with Crippen LogP contribution in [0.5, 0.6) is 0 Å². The average molecular weight is 250 g/mol. The third-order valence-corrected chi connectivity index (χ3v) is 2.78. The molecular weight excluding hydrogens is 244 g/mol. The van der Waals surface area contributed by atoms with Gasteiger partial charge in [0.2, 0.25) is 5.11 Å². The van der Waals surface area contributed by atoms with Crippen molar-refractivity contribution in [2.75, 3.05) is 0 Å². The van der Waals surface area contributed by atoms with E-state index >= 15 is 0 Å². The van der Waals surface area contributed by atoms with Crippen LogP contribution in [0.2, 0.25) is 0 Å². The molecule has 0 aromatic carbocycles. The second kappa shape index (κ2) is 4.42. The van der Waals surface area contributed by atoms with Crippen LogP contribution in [0.4, 0.5) is 0 Å². The molecule has 1 aromatic heterocycles. The Bertz CT molecular complexity index is 504. The van der Waals surface area contributed by atoms with Crippen molar-refractivity contribution in [3.8, 4) is 0 Å². The SMILES string of the molecule is C=C1N=NC(=S)N(N=Cc2cccs2)C1=O. The van der Waals surface area contributed by atoms with Gasteiger partial charge in [0.05, 0.1) is 6.21 Å². The number of hydrazone groups is 1. The highest BCUT2D eigenvalue weighted by Crippen LogP contribution is 2.13. The number of carbonyl (C=O) groups excluding carboxylic acids is 1.